The van der Waals surface area contributed by atoms with Crippen LogP contribution < -0.4 is 16.0 Å². The minimum absolute atomic E-state index is 0.135. The molecule has 6 heteroatoms. The van der Waals surface area contributed by atoms with Crippen LogP contribution in [0.4, 0.5) is 5.82 Å². The fourth-order valence-corrected chi connectivity index (χ4v) is 2.46. The Labute approximate surface area is 125 Å². The maximum atomic E-state index is 11.8. The summed E-state index contributed by atoms with van der Waals surface area (Å²) in [6.45, 7) is 4.06. The Bertz CT molecular complexity index is 455. The Kier molecular flexibility index (Phi) is 5.52. The van der Waals surface area contributed by atoms with Crippen LogP contribution in [0.1, 0.15) is 18.4 Å². The highest BCUT2D eigenvalue weighted by Crippen LogP contribution is 2.18. The number of nitrogens with one attached hydrogen (secondary N) is 1. The number of amides is 1. The van der Waals surface area contributed by atoms with Gasteiger partial charge in [-0.25, -0.2) is 4.98 Å². The predicted molar refractivity (Wildman–Crippen MR) is 82.2 cm³/mol. The highest BCUT2D eigenvalue weighted by atomic mass is 16.5. The van der Waals surface area contributed by atoms with E-state index in [2.05, 4.69) is 21.3 Å². The molecule has 2 rings (SSSR count). The van der Waals surface area contributed by atoms with Crippen molar-refractivity contribution >= 4 is 11.7 Å². The maximum absolute atomic E-state index is 11.8. The zero-order chi connectivity index (χ0) is 15.2. The lowest BCUT2D eigenvalue weighted by atomic mass is 10.0. The number of pyridine rings is 1. The van der Waals surface area contributed by atoms with E-state index in [0.29, 0.717) is 0 Å². The van der Waals surface area contributed by atoms with Crippen LogP contribution in [0.15, 0.2) is 18.3 Å². The van der Waals surface area contributed by atoms with Crippen molar-refractivity contribution < 1.29 is 9.53 Å². The van der Waals surface area contributed by atoms with Gasteiger partial charge < -0.3 is 20.7 Å². The maximum Gasteiger partial charge on any atom is 0.239 e. The second kappa shape index (κ2) is 7.38. The summed E-state index contributed by atoms with van der Waals surface area (Å²) in [5, 5.41) is 2.99. The molecule has 6 nitrogen and oxygen atoms in total. The van der Waals surface area contributed by atoms with E-state index in [4.69, 9.17) is 10.5 Å². The van der Waals surface area contributed by atoms with E-state index < -0.39 is 6.04 Å². The molecule has 1 unspecified atom stereocenters. The Hall–Kier alpha value is -1.66. The van der Waals surface area contributed by atoms with Crippen molar-refractivity contribution in [1.29, 1.82) is 0 Å². The van der Waals surface area contributed by atoms with Gasteiger partial charge in [-0.3, -0.25) is 4.79 Å². The Morgan fingerprint density at radius 2 is 2.24 bits per heavy atom. The van der Waals surface area contributed by atoms with Crippen LogP contribution >= 0.6 is 0 Å². The average Bonchev–Trinajstić information content (AvgIpc) is 2.49. The molecule has 0 radical (unpaired) electrons. The van der Waals surface area contributed by atoms with Gasteiger partial charge >= 0.3 is 0 Å². The Balaban J connectivity index is 1.80. The molecule has 2 heterocycles. The quantitative estimate of drug-likeness (QED) is 0.823. The highest BCUT2D eigenvalue weighted by molar-refractivity contribution is 5.81. The molecule has 116 valence electrons. The predicted octanol–water partition coefficient (Wildman–Crippen LogP) is 0.449. The normalized spacial score (nSPS) is 17.6. The summed E-state index contributed by atoms with van der Waals surface area (Å²) in [6.07, 6.45) is 3.69. The summed E-state index contributed by atoms with van der Waals surface area (Å²) < 4.78 is 4.90. The second-order valence-corrected chi connectivity index (χ2v) is 5.53. The summed E-state index contributed by atoms with van der Waals surface area (Å²) in [5.74, 6) is 0.866. The number of carbonyl (C=O) groups is 1. The fraction of sp³-hybridized carbons (Fsp3) is 0.600. The number of methoxy groups -OCH3 is 1. The van der Waals surface area contributed by atoms with E-state index in [1.807, 2.05) is 19.2 Å². The third-order valence-electron chi connectivity index (χ3n) is 3.74. The number of hydrogen-bond donors (Lipinski definition) is 2. The van der Waals surface area contributed by atoms with Crippen molar-refractivity contribution in [1.82, 2.24) is 10.3 Å². The fourth-order valence-electron chi connectivity index (χ4n) is 2.46. The van der Waals surface area contributed by atoms with Crippen LogP contribution in [0.25, 0.3) is 0 Å². The minimum atomic E-state index is -0.591. The van der Waals surface area contributed by atoms with Gasteiger partial charge in [-0.05, 0) is 31.4 Å². The number of ether oxygens (including phenoxy) is 1. The Morgan fingerprint density at radius 3 is 2.81 bits per heavy atom. The smallest absolute Gasteiger partial charge is 0.239 e. The largest absolute Gasteiger partial charge is 0.383 e. The third-order valence-corrected chi connectivity index (χ3v) is 3.74. The van der Waals surface area contributed by atoms with Crippen molar-refractivity contribution in [2.24, 2.45) is 5.73 Å². The molecule has 1 aromatic rings. The van der Waals surface area contributed by atoms with Gasteiger partial charge in [0.05, 0.1) is 6.61 Å². The summed E-state index contributed by atoms with van der Waals surface area (Å²) in [7, 11) is 1.54. The molecule has 1 aliphatic heterocycles. The van der Waals surface area contributed by atoms with Crippen LogP contribution in [-0.2, 0) is 9.53 Å². The number of rotatable bonds is 5. The van der Waals surface area contributed by atoms with Crippen LogP contribution in [0.3, 0.4) is 0 Å². The number of nitrogens with two attached hydrogens (primary N) is 1. The first-order chi connectivity index (χ1) is 10.1. The van der Waals surface area contributed by atoms with E-state index in [9.17, 15) is 4.79 Å². The third kappa shape index (κ3) is 4.41. The van der Waals surface area contributed by atoms with E-state index in [-0.39, 0.29) is 18.6 Å². The first kappa shape index (κ1) is 15.7. The number of piperidine rings is 1. The van der Waals surface area contributed by atoms with Crippen molar-refractivity contribution in [3.63, 3.8) is 0 Å². The van der Waals surface area contributed by atoms with E-state index in [1.54, 1.807) is 7.11 Å². The monoisotopic (exact) mass is 292 g/mol. The summed E-state index contributed by atoms with van der Waals surface area (Å²) in [5.41, 5.74) is 6.88. The van der Waals surface area contributed by atoms with Gasteiger partial charge in [0.15, 0.2) is 0 Å². The molecule has 21 heavy (non-hydrogen) atoms. The SMILES string of the molecule is COCC(N)C(=O)NC1CCN(c2ccc(C)cn2)CC1. The molecule has 0 spiro atoms. The zero-order valence-corrected chi connectivity index (χ0v) is 12.7. The number of hydrogen-bond acceptors (Lipinski definition) is 5. The molecule has 0 aliphatic carbocycles. The zero-order valence-electron chi connectivity index (χ0n) is 12.7. The minimum Gasteiger partial charge on any atom is -0.383 e. The lowest BCUT2D eigenvalue weighted by molar-refractivity contribution is -0.124. The Morgan fingerprint density at radius 1 is 1.52 bits per heavy atom. The molecular weight excluding hydrogens is 268 g/mol. The van der Waals surface area contributed by atoms with Crippen molar-refractivity contribution in [2.75, 3.05) is 31.7 Å². The molecule has 1 atom stereocenters. The number of nitrogens with zero attached hydrogens (tertiary/aromatic N) is 2. The summed E-state index contributed by atoms with van der Waals surface area (Å²) in [4.78, 5) is 18.5. The average molecular weight is 292 g/mol. The lowest BCUT2D eigenvalue weighted by Crippen LogP contribution is -2.51. The number of aromatic nitrogens is 1. The van der Waals surface area contributed by atoms with Gasteiger partial charge in [-0.1, -0.05) is 6.07 Å². The van der Waals surface area contributed by atoms with Crippen molar-refractivity contribution in [3.8, 4) is 0 Å². The van der Waals surface area contributed by atoms with E-state index in [0.717, 1.165) is 37.3 Å². The molecule has 1 amide bonds. The first-order valence-corrected chi connectivity index (χ1v) is 7.32. The van der Waals surface area contributed by atoms with Gasteiger partial charge in [-0.2, -0.15) is 0 Å². The standard InChI is InChI=1S/C15H24N4O2/c1-11-3-4-14(17-9-11)19-7-5-12(6-8-19)18-15(20)13(16)10-21-2/h3-4,9,12-13H,5-8,10,16H2,1-2H3,(H,18,20). The van der Waals surface area contributed by atoms with Gasteiger partial charge in [0.1, 0.15) is 11.9 Å². The molecule has 1 saturated heterocycles. The molecule has 0 aromatic carbocycles. The van der Waals surface area contributed by atoms with Crippen LogP contribution in [0.5, 0.6) is 0 Å². The van der Waals surface area contributed by atoms with Gasteiger partial charge in [0, 0.05) is 32.4 Å². The van der Waals surface area contributed by atoms with Crippen molar-refractivity contribution in [3.05, 3.63) is 23.9 Å². The topological polar surface area (TPSA) is 80.5 Å². The molecule has 0 bridgehead atoms. The number of anilines is 1. The molecule has 3 N–H and O–H groups in total. The number of aryl methyl sites for hydroxylation is 1. The molecule has 0 saturated carbocycles. The first-order valence-electron chi connectivity index (χ1n) is 7.32. The van der Waals surface area contributed by atoms with Crippen molar-refractivity contribution in [2.45, 2.75) is 31.8 Å². The molecule has 1 aromatic heterocycles. The van der Waals surface area contributed by atoms with Gasteiger partial charge in [0.2, 0.25) is 5.91 Å². The highest BCUT2D eigenvalue weighted by Gasteiger charge is 2.23. The van der Waals surface area contributed by atoms with Crippen LogP contribution in [0.2, 0.25) is 0 Å². The molecule has 1 aliphatic rings. The van der Waals surface area contributed by atoms with Gasteiger partial charge in [0.25, 0.3) is 0 Å². The second-order valence-electron chi connectivity index (χ2n) is 5.53. The number of carbonyl (C=O) groups excluding carboxylic acids is 1. The van der Waals surface area contributed by atoms with E-state index >= 15 is 0 Å². The van der Waals surface area contributed by atoms with E-state index in [1.165, 1.54) is 0 Å². The summed E-state index contributed by atoms with van der Waals surface area (Å²) in [6, 6.07) is 3.71. The molecular formula is C15H24N4O2. The van der Waals surface area contributed by atoms with Crippen LogP contribution in [-0.4, -0.2) is 49.8 Å². The summed E-state index contributed by atoms with van der Waals surface area (Å²) >= 11 is 0. The lowest BCUT2D eigenvalue weighted by Gasteiger charge is -2.33. The van der Waals surface area contributed by atoms with Gasteiger partial charge in [-0.15, -0.1) is 0 Å². The van der Waals surface area contributed by atoms with Crippen LogP contribution in [0, 0.1) is 6.92 Å². The molecule has 1 fully saturated rings.